The maximum atomic E-state index is 12.2. The van der Waals surface area contributed by atoms with Crippen LogP contribution in [0.1, 0.15) is 34.0 Å². The van der Waals surface area contributed by atoms with Gasteiger partial charge in [0.2, 0.25) is 0 Å². The molecule has 0 spiro atoms. The van der Waals surface area contributed by atoms with Crippen LogP contribution < -0.4 is 15.1 Å². The molecule has 2 aromatic carbocycles. The van der Waals surface area contributed by atoms with Crippen molar-refractivity contribution in [3.63, 3.8) is 0 Å². The van der Waals surface area contributed by atoms with Crippen LogP contribution in [-0.2, 0) is 4.79 Å². The van der Waals surface area contributed by atoms with E-state index < -0.39 is 11.6 Å². The van der Waals surface area contributed by atoms with Gasteiger partial charge in [0, 0.05) is 11.5 Å². The van der Waals surface area contributed by atoms with Gasteiger partial charge in [0.15, 0.2) is 18.0 Å². The minimum atomic E-state index is -0.670. The number of rotatable bonds is 5. The number of ketones is 1. The third-order valence-corrected chi connectivity index (χ3v) is 4.21. The molecule has 0 aliphatic rings. The van der Waals surface area contributed by atoms with Crippen LogP contribution in [-0.4, -0.2) is 18.4 Å². The fourth-order valence-electron chi connectivity index (χ4n) is 3.09. The minimum absolute atomic E-state index is 0.0303. The summed E-state index contributed by atoms with van der Waals surface area (Å²) < 4.78 is 16.0. The van der Waals surface area contributed by atoms with Gasteiger partial charge >= 0.3 is 11.6 Å². The first-order valence-corrected chi connectivity index (χ1v) is 8.75. The normalized spacial score (nSPS) is 10.7. The summed E-state index contributed by atoms with van der Waals surface area (Å²) in [6.45, 7) is 6.60. The van der Waals surface area contributed by atoms with Gasteiger partial charge < -0.3 is 13.9 Å². The maximum absolute atomic E-state index is 12.2. The Kier molecular flexibility index (Phi) is 5.31. The van der Waals surface area contributed by atoms with Crippen LogP contribution in [0.25, 0.3) is 11.0 Å². The lowest BCUT2D eigenvalue weighted by molar-refractivity contribution is -0.136. The van der Waals surface area contributed by atoms with Crippen LogP contribution in [0.3, 0.4) is 0 Å². The minimum Gasteiger partial charge on any atom is -0.482 e. The molecular formula is C22H20O6. The van der Waals surface area contributed by atoms with E-state index in [1.54, 1.807) is 13.0 Å². The van der Waals surface area contributed by atoms with E-state index in [0.29, 0.717) is 16.7 Å². The second-order valence-electron chi connectivity index (χ2n) is 6.71. The third-order valence-electron chi connectivity index (χ3n) is 4.21. The molecule has 0 amide bonds. The molecule has 0 aliphatic heterocycles. The van der Waals surface area contributed by atoms with Crippen molar-refractivity contribution in [2.24, 2.45) is 0 Å². The highest BCUT2D eigenvalue weighted by molar-refractivity contribution is 6.08. The molecule has 28 heavy (non-hydrogen) atoms. The quantitative estimate of drug-likeness (QED) is 0.289. The van der Waals surface area contributed by atoms with Gasteiger partial charge in [-0.3, -0.25) is 4.79 Å². The number of hydrogen-bond donors (Lipinski definition) is 0. The molecule has 0 saturated heterocycles. The summed E-state index contributed by atoms with van der Waals surface area (Å²) >= 11 is 0. The standard InChI is InChI=1S/C22H20O6/c1-12-7-13(2)9-16(8-12)26-11-20(25)27-18-6-5-17-14(3)10-19(24)28-22(17)21(18)15(4)23/h5-10H,11H2,1-4H3. The number of benzene rings is 2. The van der Waals surface area contributed by atoms with Crippen LogP contribution in [0.4, 0.5) is 0 Å². The number of carbonyl (C=O) groups is 2. The van der Waals surface area contributed by atoms with E-state index in [0.717, 1.165) is 11.1 Å². The van der Waals surface area contributed by atoms with E-state index in [4.69, 9.17) is 13.9 Å². The third kappa shape index (κ3) is 4.11. The first-order chi connectivity index (χ1) is 13.2. The van der Waals surface area contributed by atoms with Gasteiger partial charge in [-0.05, 0) is 68.7 Å². The Morgan fingerprint density at radius 3 is 2.32 bits per heavy atom. The van der Waals surface area contributed by atoms with Gasteiger partial charge in [0.25, 0.3) is 0 Å². The van der Waals surface area contributed by atoms with Crippen molar-refractivity contribution in [1.82, 2.24) is 0 Å². The number of ether oxygens (including phenoxy) is 2. The molecule has 0 radical (unpaired) electrons. The van der Waals surface area contributed by atoms with Gasteiger partial charge in [0.05, 0.1) is 0 Å². The Hall–Kier alpha value is -3.41. The molecule has 3 aromatic rings. The van der Waals surface area contributed by atoms with Crippen molar-refractivity contribution >= 4 is 22.7 Å². The molecule has 0 atom stereocenters. The van der Waals surface area contributed by atoms with Crippen molar-refractivity contribution in [2.45, 2.75) is 27.7 Å². The van der Waals surface area contributed by atoms with E-state index in [9.17, 15) is 14.4 Å². The van der Waals surface area contributed by atoms with Crippen LogP contribution in [0.15, 0.2) is 45.6 Å². The SMILES string of the molecule is CC(=O)c1c(OC(=O)COc2cc(C)cc(C)c2)ccc2c(C)cc(=O)oc12. The zero-order valence-electron chi connectivity index (χ0n) is 16.1. The van der Waals surface area contributed by atoms with E-state index >= 15 is 0 Å². The predicted octanol–water partition coefficient (Wildman–Crippen LogP) is 3.91. The van der Waals surface area contributed by atoms with Crippen molar-refractivity contribution in [2.75, 3.05) is 6.61 Å². The highest BCUT2D eigenvalue weighted by atomic mass is 16.6. The monoisotopic (exact) mass is 380 g/mol. The maximum Gasteiger partial charge on any atom is 0.349 e. The zero-order valence-corrected chi connectivity index (χ0v) is 16.1. The van der Waals surface area contributed by atoms with Crippen molar-refractivity contribution in [3.8, 4) is 11.5 Å². The summed E-state index contributed by atoms with van der Waals surface area (Å²) in [4.78, 5) is 36.1. The molecule has 6 nitrogen and oxygen atoms in total. The van der Waals surface area contributed by atoms with Crippen LogP contribution in [0.5, 0.6) is 11.5 Å². The number of Topliss-reactive ketones (excluding diaryl/α,β-unsaturated/α-hetero) is 1. The Balaban J connectivity index is 1.87. The Labute approximate surface area is 161 Å². The highest BCUT2D eigenvalue weighted by Crippen LogP contribution is 2.29. The molecule has 0 N–H and O–H groups in total. The Morgan fingerprint density at radius 1 is 1.00 bits per heavy atom. The van der Waals surface area contributed by atoms with Crippen LogP contribution in [0, 0.1) is 20.8 Å². The molecule has 1 aromatic heterocycles. The lowest BCUT2D eigenvalue weighted by Gasteiger charge is -2.12. The highest BCUT2D eigenvalue weighted by Gasteiger charge is 2.19. The predicted molar refractivity (Wildman–Crippen MR) is 104 cm³/mol. The first kappa shape index (κ1) is 19.4. The second kappa shape index (κ2) is 7.68. The summed E-state index contributed by atoms with van der Waals surface area (Å²) in [7, 11) is 0. The first-order valence-electron chi connectivity index (χ1n) is 8.75. The topological polar surface area (TPSA) is 82.8 Å². The number of fused-ring (bicyclic) bond motifs is 1. The molecule has 1 heterocycles. The summed E-state index contributed by atoms with van der Waals surface area (Å²) in [5, 5.41) is 0.607. The molecular weight excluding hydrogens is 360 g/mol. The molecule has 0 saturated carbocycles. The average molecular weight is 380 g/mol. The second-order valence-corrected chi connectivity index (χ2v) is 6.71. The van der Waals surface area contributed by atoms with Gasteiger partial charge in [-0.1, -0.05) is 6.07 Å². The van der Waals surface area contributed by atoms with Gasteiger partial charge in [-0.15, -0.1) is 0 Å². The fraction of sp³-hybridized carbons (Fsp3) is 0.227. The van der Waals surface area contributed by atoms with Gasteiger partial charge in [0.1, 0.15) is 17.1 Å². The van der Waals surface area contributed by atoms with Crippen molar-refractivity contribution < 1.29 is 23.5 Å². The molecule has 0 unspecified atom stereocenters. The van der Waals surface area contributed by atoms with E-state index in [1.807, 2.05) is 32.0 Å². The molecule has 144 valence electrons. The summed E-state index contributed by atoms with van der Waals surface area (Å²) in [5.74, 6) is -0.461. The summed E-state index contributed by atoms with van der Waals surface area (Å²) in [6.07, 6.45) is 0. The molecule has 3 rings (SSSR count). The van der Waals surface area contributed by atoms with Gasteiger partial charge in [-0.25, -0.2) is 9.59 Å². The number of esters is 1. The largest absolute Gasteiger partial charge is 0.482 e. The zero-order chi connectivity index (χ0) is 20.4. The fourth-order valence-corrected chi connectivity index (χ4v) is 3.09. The average Bonchev–Trinajstić information content (AvgIpc) is 2.58. The van der Waals surface area contributed by atoms with Crippen LogP contribution in [0.2, 0.25) is 0 Å². The lowest BCUT2D eigenvalue weighted by atomic mass is 10.0. The van der Waals surface area contributed by atoms with Crippen molar-refractivity contribution in [1.29, 1.82) is 0 Å². The smallest absolute Gasteiger partial charge is 0.349 e. The Morgan fingerprint density at radius 2 is 1.68 bits per heavy atom. The molecule has 0 aliphatic carbocycles. The molecule has 0 bridgehead atoms. The molecule has 0 fully saturated rings. The van der Waals surface area contributed by atoms with Crippen LogP contribution >= 0.6 is 0 Å². The van der Waals surface area contributed by atoms with E-state index in [-0.39, 0.29) is 29.3 Å². The Bertz CT molecular complexity index is 1120. The van der Waals surface area contributed by atoms with E-state index in [2.05, 4.69) is 0 Å². The number of hydrogen-bond acceptors (Lipinski definition) is 6. The van der Waals surface area contributed by atoms with Gasteiger partial charge in [-0.2, -0.15) is 0 Å². The lowest BCUT2D eigenvalue weighted by Crippen LogP contribution is -2.19. The summed E-state index contributed by atoms with van der Waals surface area (Å²) in [5.41, 5.74) is 2.29. The summed E-state index contributed by atoms with van der Waals surface area (Å²) in [6, 6.07) is 10.1. The van der Waals surface area contributed by atoms with Crippen molar-refractivity contribution in [3.05, 3.63) is 69.1 Å². The number of aryl methyl sites for hydroxylation is 3. The van der Waals surface area contributed by atoms with E-state index in [1.165, 1.54) is 19.1 Å². The molecule has 6 heteroatoms. The number of carbonyl (C=O) groups excluding carboxylic acids is 2.